The lowest BCUT2D eigenvalue weighted by molar-refractivity contribution is 0.145. The smallest absolute Gasteiger partial charge is 0.143 e. The number of nitrogens with one attached hydrogen (secondary N) is 2. The second-order valence-electron chi connectivity index (χ2n) is 24.3. The Labute approximate surface area is 425 Å². The van der Waals surface area contributed by atoms with Crippen LogP contribution in [0.5, 0.6) is 0 Å². The molecule has 8 bridgehead atoms. The van der Waals surface area contributed by atoms with Gasteiger partial charge in [0.15, 0.2) is 0 Å². The molecule has 3 N–H and O–H groups in total. The molecule has 0 radical (unpaired) electrons. The topological polar surface area (TPSA) is 77.6 Å². The molecule has 5 nitrogen and oxygen atoms in total. The Morgan fingerprint density at radius 1 is 0.403 bits per heavy atom. The van der Waals surface area contributed by atoms with Gasteiger partial charge < -0.3 is 15.1 Å². The van der Waals surface area contributed by atoms with Gasteiger partial charge in [-0.1, -0.05) is 204 Å². The Morgan fingerprint density at radius 3 is 1.21 bits per heavy atom. The number of nitrogens with zero attached hydrogens (tertiary/aromatic N) is 2. The molecule has 5 aromatic carbocycles. The van der Waals surface area contributed by atoms with Gasteiger partial charge in [-0.15, -0.1) is 0 Å². The molecule has 3 aromatic heterocycles. The molecule has 5 heteroatoms. The number of hydrogen-bond acceptors (Lipinski definition) is 3. The summed E-state index contributed by atoms with van der Waals surface area (Å²) in [6, 6.07) is 52.4. The number of hydrogen-bond donors (Lipinski definition) is 3. The monoisotopic (exact) mass is 943 g/mol. The highest BCUT2D eigenvalue weighted by molar-refractivity contribution is 6.07. The molecule has 0 saturated carbocycles. The number of fused-ring (bicyclic) bond motifs is 10. The molecule has 0 spiro atoms. The fraction of sp³-hybridized carbons (Fsp3) is 0.254. The number of rotatable bonds is 4. The third kappa shape index (κ3) is 7.99. The molecule has 0 saturated heterocycles. The van der Waals surface area contributed by atoms with E-state index < -0.39 is 5.60 Å². The molecule has 72 heavy (non-hydrogen) atoms. The molecule has 0 amide bonds. The van der Waals surface area contributed by atoms with Crippen molar-refractivity contribution in [2.24, 2.45) is 0 Å². The Bertz CT molecular complexity index is 3690. The molecule has 5 heterocycles. The highest BCUT2D eigenvalue weighted by Crippen LogP contribution is 2.55. The van der Waals surface area contributed by atoms with Gasteiger partial charge in [0.05, 0.1) is 22.8 Å². The molecule has 1 atom stereocenters. The molecule has 11 rings (SSSR count). The lowest BCUT2D eigenvalue weighted by Crippen LogP contribution is -2.32. The van der Waals surface area contributed by atoms with Gasteiger partial charge in [-0.25, -0.2) is 9.97 Å². The van der Waals surface area contributed by atoms with Gasteiger partial charge >= 0.3 is 0 Å². The zero-order valence-corrected chi connectivity index (χ0v) is 43.9. The molecular weight excluding hydrogens is 877 g/mol. The summed E-state index contributed by atoms with van der Waals surface area (Å²) in [5.41, 5.74) is 20.4. The van der Waals surface area contributed by atoms with E-state index in [-0.39, 0.29) is 21.7 Å². The van der Waals surface area contributed by atoms with E-state index >= 15 is 0 Å². The maximum atomic E-state index is 14.0. The van der Waals surface area contributed by atoms with Gasteiger partial charge in [-0.05, 0) is 114 Å². The predicted molar refractivity (Wildman–Crippen MR) is 304 cm³/mol. The molecule has 2 aliphatic heterocycles. The van der Waals surface area contributed by atoms with Gasteiger partial charge in [-0.3, -0.25) is 0 Å². The van der Waals surface area contributed by atoms with Crippen LogP contribution in [0.25, 0.3) is 90.4 Å². The quantitative estimate of drug-likeness (QED) is 0.164. The number of benzene rings is 5. The third-order valence-corrected chi connectivity index (χ3v) is 15.1. The van der Waals surface area contributed by atoms with Crippen molar-refractivity contribution >= 4 is 45.9 Å². The first-order valence-corrected chi connectivity index (χ1v) is 25.5. The van der Waals surface area contributed by atoms with Crippen LogP contribution in [0.2, 0.25) is 0 Å². The highest BCUT2D eigenvalue weighted by atomic mass is 16.3. The second-order valence-corrected chi connectivity index (χ2v) is 24.3. The molecule has 1 unspecified atom stereocenters. The van der Waals surface area contributed by atoms with Crippen molar-refractivity contribution in [1.82, 2.24) is 19.9 Å². The first-order valence-electron chi connectivity index (χ1n) is 25.5. The fourth-order valence-electron chi connectivity index (χ4n) is 10.8. The number of aromatic amines is 2. The zero-order valence-electron chi connectivity index (χ0n) is 43.9. The first-order chi connectivity index (χ1) is 34.1. The van der Waals surface area contributed by atoms with Gasteiger partial charge in [0.1, 0.15) is 5.60 Å². The fourth-order valence-corrected chi connectivity index (χ4v) is 10.8. The van der Waals surface area contributed by atoms with Crippen LogP contribution in [0.3, 0.4) is 0 Å². The molecule has 8 aromatic rings. The van der Waals surface area contributed by atoms with E-state index in [1.165, 1.54) is 16.7 Å². The van der Waals surface area contributed by atoms with Crippen LogP contribution in [0.1, 0.15) is 139 Å². The summed E-state index contributed by atoms with van der Waals surface area (Å²) in [7, 11) is 0. The van der Waals surface area contributed by atoms with Gasteiger partial charge in [-0.2, -0.15) is 0 Å². The van der Waals surface area contributed by atoms with Crippen molar-refractivity contribution in [2.45, 2.75) is 110 Å². The van der Waals surface area contributed by atoms with Crippen LogP contribution in [0.4, 0.5) is 0 Å². The largest absolute Gasteiger partial charge is 0.376 e. The summed E-state index contributed by atoms with van der Waals surface area (Å²) in [5.74, 6) is 0. The van der Waals surface area contributed by atoms with Crippen molar-refractivity contribution in [3.63, 3.8) is 0 Å². The Hall–Kier alpha value is -7.34. The van der Waals surface area contributed by atoms with Crippen molar-refractivity contribution in [2.75, 3.05) is 0 Å². The van der Waals surface area contributed by atoms with Crippen molar-refractivity contribution in [1.29, 1.82) is 0 Å². The Kier molecular flexibility index (Phi) is 10.8. The number of H-pyrrole nitrogens is 2. The Balaban J connectivity index is 1.32. The van der Waals surface area contributed by atoms with Crippen LogP contribution in [-0.4, -0.2) is 25.0 Å². The van der Waals surface area contributed by atoms with E-state index in [1.54, 1.807) is 0 Å². The molecule has 3 aliphatic rings. The average molecular weight is 943 g/mol. The normalized spacial score (nSPS) is 15.7. The minimum absolute atomic E-state index is 0.00534. The maximum absolute atomic E-state index is 14.0. The highest BCUT2D eigenvalue weighted by Gasteiger charge is 2.46. The minimum Gasteiger partial charge on any atom is -0.376 e. The van der Waals surface area contributed by atoms with Crippen LogP contribution in [0, 0.1) is 0 Å². The molecule has 1 aliphatic carbocycles. The van der Waals surface area contributed by atoms with E-state index in [4.69, 9.17) is 9.97 Å². The minimum atomic E-state index is -1.54. The molecule has 360 valence electrons. The van der Waals surface area contributed by atoms with E-state index in [1.807, 2.05) is 30.3 Å². The van der Waals surface area contributed by atoms with Crippen LogP contribution >= 0.6 is 0 Å². The van der Waals surface area contributed by atoms with Gasteiger partial charge in [0.2, 0.25) is 0 Å². The van der Waals surface area contributed by atoms with Gasteiger partial charge in [0, 0.05) is 55.5 Å². The first kappa shape index (κ1) is 47.0. The zero-order chi connectivity index (χ0) is 50.7. The summed E-state index contributed by atoms with van der Waals surface area (Å²) in [5, 5.41) is 14.0. The summed E-state index contributed by atoms with van der Waals surface area (Å²) >= 11 is 0. The lowest BCUT2D eigenvalue weighted by atomic mass is 9.69. The van der Waals surface area contributed by atoms with Crippen LogP contribution in [0.15, 0.2) is 146 Å². The predicted octanol–water partition coefficient (Wildman–Crippen LogP) is 17.1. The van der Waals surface area contributed by atoms with Crippen LogP contribution in [-0.2, 0) is 27.3 Å². The van der Waals surface area contributed by atoms with E-state index in [9.17, 15) is 5.11 Å². The van der Waals surface area contributed by atoms with Gasteiger partial charge in [0.25, 0.3) is 0 Å². The van der Waals surface area contributed by atoms with Crippen LogP contribution < -0.4 is 0 Å². The number of aliphatic hydroxyl groups is 1. The SMILES string of the molecule is CC(C)(C)c1ccc(-c2c3nc(c(-c4ccc(C(C)(C)C)cc4)c4ccc([nH]4)c4c5nc(c(-c6ccc(C(C)(C)C)cc6)c6ccc2[nH]6)C=C5C(O)(c2ccccc2)c2cc(C(C)(C)C)ccc2-4)C=C3)cc1. The standard InChI is InChI=1S/C67H66N4O/c1-63(2,3)43-24-18-40(19-25-43)58-51-32-33-52(68-51)59(41-20-26-44(27-21-41)64(4,5)6)54-36-37-56(70-54)61-48-31-30-47(66(10,11)12)38-49(48)67(72,46-16-14-13-15-17-46)50-39-57(71-62(50)61)60(55-35-34-53(58)69-55)42-22-28-45(29-23-42)65(7,8)9/h13-39,69-70,72H,1-12H3. The van der Waals surface area contributed by atoms with Crippen molar-refractivity contribution < 1.29 is 5.11 Å². The summed E-state index contributed by atoms with van der Waals surface area (Å²) in [6.07, 6.45) is 6.49. The van der Waals surface area contributed by atoms with Crippen molar-refractivity contribution in [3.05, 3.63) is 202 Å². The van der Waals surface area contributed by atoms with E-state index in [2.05, 4.69) is 227 Å². The van der Waals surface area contributed by atoms with E-state index in [0.29, 0.717) is 0 Å². The summed E-state index contributed by atoms with van der Waals surface area (Å²) in [4.78, 5) is 19.3. The second kappa shape index (κ2) is 16.6. The summed E-state index contributed by atoms with van der Waals surface area (Å²) in [6.45, 7) is 27.0. The lowest BCUT2D eigenvalue weighted by Gasteiger charge is -2.38. The third-order valence-electron chi connectivity index (χ3n) is 15.1. The number of aromatic nitrogens is 4. The Morgan fingerprint density at radius 2 is 0.792 bits per heavy atom. The molecule has 0 fully saturated rings. The summed E-state index contributed by atoms with van der Waals surface area (Å²) < 4.78 is 0. The van der Waals surface area contributed by atoms with E-state index in [0.717, 1.165) is 112 Å². The molecular formula is C67H66N4O. The van der Waals surface area contributed by atoms with Crippen molar-refractivity contribution in [3.8, 4) is 44.5 Å². The maximum Gasteiger partial charge on any atom is 0.143 e. The average Bonchev–Trinajstić information content (AvgIpc) is 4.19.